The highest BCUT2D eigenvalue weighted by Crippen LogP contribution is 2.25. The Morgan fingerprint density at radius 1 is 1.19 bits per heavy atom. The van der Waals surface area contributed by atoms with E-state index in [0.717, 1.165) is 5.56 Å². The predicted octanol–water partition coefficient (Wildman–Crippen LogP) is 3.60. The first kappa shape index (κ1) is 14.6. The Balaban J connectivity index is 2.33. The molecule has 0 aliphatic rings. The molecule has 0 aromatic heterocycles. The highest BCUT2D eigenvalue weighted by Gasteiger charge is 2.17. The number of benzene rings is 2. The minimum absolute atomic E-state index is 0.118. The smallest absolute Gasteiger partial charge is 0.292 e. The Kier molecular flexibility index (Phi) is 3.98. The monoisotopic (exact) mass is 288 g/mol. The van der Waals surface area contributed by atoms with Crippen molar-refractivity contribution in [3.05, 3.63) is 69.0 Å². The van der Waals surface area contributed by atoms with Crippen LogP contribution in [-0.2, 0) is 0 Å². The molecule has 0 aliphatic carbocycles. The van der Waals surface area contributed by atoms with Gasteiger partial charge in [-0.2, -0.15) is 0 Å². The number of rotatable bonds is 3. The molecule has 0 spiro atoms. The van der Waals surface area contributed by atoms with Gasteiger partial charge in [-0.1, -0.05) is 6.07 Å². The lowest BCUT2D eigenvalue weighted by atomic mass is 10.1. The van der Waals surface area contributed by atoms with E-state index in [0.29, 0.717) is 5.56 Å². The van der Waals surface area contributed by atoms with Crippen LogP contribution in [0.4, 0.5) is 15.8 Å². The van der Waals surface area contributed by atoms with Crippen LogP contribution in [0, 0.1) is 29.8 Å². The molecule has 0 atom stereocenters. The molecule has 0 heterocycles. The Bertz CT molecular complexity index is 729. The third-order valence-corrected chi connectivity index (χ3v) is 3.02. The first-order chi connectivity index (χ1) is 9.88. The van der Waals surface area contributed by atoms with E-state index in [1.54, 1.807) is 19.9 Å². The van der Waals surface area contributed by atoms with Gasteiger partial charge < -0.3 is 5.32 Å². The van der Waals surface area contributed by atoms with E-state index in [9.17, 15) is 19.3 Å². The van der Waals surface area contributed by atoms with Gasteiger partial charge in [0.2, 0.25) is 0 Å². The van der Waals surface area contributed by atoms with Gasteiger partial charge in [0.05, 0.1) is 4.92 Å². The van der Waals surface area contributed by atoms with Crippen molar-refractivity contribution in [2.75, 3.05) is 5.32 Å². The van der Waals surface area contributed by atoms with Crippen molar-refractivity contribution in [3.63, 3.8) is 0 Å². The summed E-state index contributed by atoms with van der Waals surface area (Å²) in [4.78, 5) is 22.5. The molecule has 0 aliphatic heterocycles. The minimum Gasteiger partial charge on any atom is -0.316 e. The number of amides is 1. The molecule has 5 nitrogen and oxygen atoms in total. The average Bonchev–Trinajstić information content (AvgIpc) is 2.41. The van der Waals surface area contributed by atoms with E-state index in [-0.39, 0.29) is 16.9 Å². The van der Waals surface area contributed by atoms with Gasteiger partial charge in [-0.25, -0.2) is 4.39 Å². The molecule has 2 aromatic carbocycles. The molecular weight excluding hydrogens is 275 g/mol. The summed E-state index contributed by atoms with van der Waals surface area (Å²) < 4.78 is 13.2. The van der Waals surface area contributed by atoms with Crippen LogP contribution >= 0.6 is 0 Å². The van der Waals surface area contributed by atoms with E-state index in [1.165, 1.54) is 30.3 Å². The van der Waals surface area contributed by atoms with Gasteiger partial charge in [0.1, 0.15) is 11.5 Å². The number of halogens is 1. The normalized spacial score (nSPS) is 10.2. The summed E-state index contributed by atoms with van der Waals surface area (Å²) in [5.74, 6) is -0.931. The van der Waals surface area contributed by atoms with Crippen molar-refractivity contribution in [1.82, 2.24) is 0 Å². The third-order valence-electron chi connectivity index (χ3n) is 3.02. The van der Waals surface area contributed by atoms with Gasteiger partial charge in [0.15, 0.2) is 0 Å². The second-order valence-electron chi connectivity index (χ2n) is 4.70. The summed E-state index contributed by atoms with van der Waals surface area (Å²) >= 11 is 0. The van der Waals surface area contributed by atoms with Crippen molar-refractivity contribution < 1.29 is 14.1 Å². The first-order valence-electron chi connectivity index (χ1n) is 6.21. The number of hydrogen-bond donors (Lipinski definition) is 1. The van der Waals surface area contributed by atoms with E-state index in [1.807, 2.05) is 0 Å². The maximum atomic E-state index is 13.2. The summed E-state index contributed by atoms with van der Waals surface area (Å²) in [6.45, 7) is 3.31. The standard InChI is InChI=1S/C15H13FN2O3/c1-9-3-6-14(18(20)21)13(7-9)17-15(19)11-4-5-12(16)10(2)8-11/h3-8H,1-2H3,(H,17,19). The second-order valence-corrected chi connectivity index (χ2v) is 4.70. The number of nitrogens with one attached hydrogen (secondary N) is 1. The number of nitro benzene ring substituents is 1. The number of carbonyl (C=O) groups excluding carboxylic acids is 1. The van der Waals surface area contributed by atoms with Crippen LogP contribution < -0.4 is 5.32 Å². The van der Waals surface area contributed by atoms with Crippen LogP contribution in [0.15, 0.2) is 36.4 Å². The highest BCUT2D eigenvalue weighted by molar-refractivity contribution is 6.05. The van der Waals surface area contributed by atoms with Gasteiger partial charge in [-0.3, -0.25) is 14.9 Å². The van der Waals surface area contributed by atoms with Crippen molar-refractivity contribution >= 4 is 17.3 Å². The number of aryl methyl sites for hydroxylation is 2. The van der Waals surface area contributed by atoms with Crippen LogP contribution in [0.2, 0.25) is 0 Å². The van der Waals surface area contributed by atoms with Gasteiger partial charge >= 0.3 is 0 Å². The molecule has 0 radical (unpaired) electrons. The highest BCUT2D eigenvalue weighted by atomic mass is 19.1. The van der Waals surface area contributed by atoms with Crippen molar-refractivity contribution in [1.29, 1.82) is 0 Å². The van der Waals surface area contributed by atoms with Crippen molar-refractivity contribution in [3.8, 4) is 0 Å². The summed E-state index contributed by atoms with van der Waals surface area (Å²) in [5.41, 5.74) is 1.29. The van der Waals surface area contributed by atoms with Crippen LogP contribution in [-0.4, -0.2) is 10.8 Å². The predicted molar refractivity (Wildman–Crippen MR) is 76.9 cm³/mol. The molecule has 108 valence electrons. The van der Waals surface area contributed by atoms with Gasteiger partial charge in [0.25, 0.3) is 11.6 Å². The fourth-order valence-electron chi connectivity index (χ4n) is 1.89. The van der Waals surface area contributed by atoms with Gasteiger partial charge in [0, 0.05) is 11.6 Å². The lowest BCUT2D eigenvalue weighted by Gasteiger charge is -2.08. The first-order valence-corrected chi connectivity index (χ1v) is 6.21. The number of carbonyl (C=O) groups is 1. The van der Waals surface area contributed by atoms with Crippen LogP contribution in [0.5, 0.6) is 0 Å². The molecule has 0 saturated carbocycles. The van der Waals surface area contributed by atoms with E-state index >= 15 is 0 Å². The van der Waals surface area contributed by atoms with Crippen LogP contribution in [0.1, 0.15) is 21.5 Å². The quantitative estimate of drug-likeness (QED) is 0.692. The Hall–Kier alpha value is -2.76. The number of nitrogens with zero attached hydrogens (tertiary/aromatic N) is 1. The number of nitro groups is 1. The van der Waals surface area contributed by atoms with E-state index in [4.69, 9.17) is 0 Å². The van der Waals surface area contributed by atoms with E-state index < -0.39 is 16.6 Å². The van der Waals surface area contributed by atoms with Crippen molar-refractivity contribution in [2.45, 2.75) is 13.8 Å². The molecule has 1 N–H and O–H groups in total. The number of hydrogen-bond acceptors (Lipinski definition) is 3. The van der Waals surface area contributed by atoms with Crippen LogP contribution in [0.25, 0.3) is 0 Å². The zero-order chi connectivity index (χ0) is 15.6. The second kappa shape index (κ2) is 5.70. The Labute approximate surface area is 120 Å². The topological polar surface area (TPSA) is 72.2 Å². The molecule has 6 heteroatoms. The molecule has 0 bridgehead atoms. The Morgan fingerprint density at radius 3 is 2.52 bits per heavy atom. The molecule has 21 heavy (non-hydrogen) atoms. The fourth-order valence-corrected chi connectivity index (χ4v) is 1.89. The third kappa shape index (κ3) is 3.22. The average molecular weight is 288 g/mol. The SMILES string of the molecule is Cc1ccc([N+](=O)[O-])c(NC(=O)c2ccc(F)c(C)c2)c1. The fraction of sp³-hybridized carbons (Fsp3) is 0.133. The van der Waals surface area contributed by atoms with Gasteiger partial charge in [-0.15, -0.1) is 0 Å². The van der Waals surface area contributed by atoms with E-state index in [2.05, 4.69) is 5.32 Å². The zero-order valence-corrected chi connectivity index (χ0v) is 11.5. The molecule has 1 amide bonds. The maximum absolute atomic E-state index is 13.2. The molecule has 0 unspecified atom stereocenters. The molecule has 2 rings (SSSR count). The van der Waals surface area contributed by atoms with Crippen molar-refractivity contribution in [2.24, 2.45) is 0 Å². The largest absolute Gasteiger partial charge is 0.316 e. The summed E-state index contributed by atoms with van der Waals surface area (Å²) in [6, 6.07) is 8.36. The number of anilines is 1. The molecule has 0 saturated heterocycles. The Morgan fingerprint density at radius 2 is 1.90 bits per heavy atom. The minimum atomic E-state index is -0.565. The summed E-state index contributed by atoms with van der Waals surface area (Å²) in [5, 5.41) is 13.4. The lowest BCUT2D eigenvalue weighted by Crippen LogP contribution is -2.13. The molecular formula is C15H13FN2O3. The summed E-state index contributed by atoms with van der Waals surface area (Å²) in [7, 11) is 0. The maximum Gasteiger partial charge on any atom is 0.292 e. The van der Waals surface area contributed by atoms with Gasteiger partial charge in [-0.05, 0) is 49.2 Å². The summed E-state index contributed by atoms with van der Waals surface area (Å²) in [6.07, 6.45) is 0. The molecule has 0 fully saturated rings. The molecule has 2 aromatic rings. The van der Waals surface area contributed by atoms with Crippen LogP contribution in [0.3, 0.4) is 0 Å². The zero-order valence-electron chi connectivity index (χ0n) is 11.5. The lowest BCUT2D eigenvalue weighted by molar-refractivity contribution is -0.383.